The van der Waals surface area contributed by atoms with E-state index in [4.69, 9.17) is 0 Å². The SMILES string of the molecule is CNCC(=O)NC1CCCN(c2cnn(C)c2)C1.Cl. The Hall–Kier alpha value is -1.27. The van der Waals surface area contributed by atoms with Crippen molar-refractivity contribution in [1.82, 2.24) is 20.4 Å². The minimum absolute atomic E-state index is 0. The molecule has 7 heteroatoms. The van der Waals surface area contributed by atoms with Crippen LogP contribution in [0.25, 0.3) is 0 Å². The molecular weight excluding hydrogens is 266 g/mol. The third-order valence-electron chi connectivity index (χ3n) is 3.18. The van der Waals surface area contributed by atoms with E-state index in [0.29, 0.717) is 6.54 Å². The van der Waals surface area contributed by atoms with Gasteiger partial charge in [-0.1, -0.05) is 0 Å². The second-order valence-corrected chi connectivity index (χ2v) is 4.76. The van der Waals surface area contributed by atoms with Crippen LogP contribution in [0.1, 0.15) is 12.8 Å². The van der Waals surface area contributed by atoms with Crippen molar-refractivity contribution in [2.45, 2.75) is 18.9 Å². The molecule has 2 heterocycles. The normalized spacial score (nSPS) is 18.8. The second kappa shape index (κ2) is 7.35. The molecule has 1 aromatic rings. The molecule has 0 spiro atoms. The number of anilines is 1. The summed E-state index contributed by atoms with van der Waals surface area (Å²) in [6.07, 6.45) is 6.03. The molecule has 1 aliphatic heterocycles. The van der Waals surface area contributed by atoms with Gasteiger partial charge in [0.1, 0.15) is 0 Å². The topological polar surface area (TPSA) is 62.2 Å². The van der Waals surface area contributed by atoms with Gasteiger partial charge in [0, 0.05) is 32.4 Å². The monoisotopic (exact) mass is 287 g/mol. The predicted molar refractivity (Wildman–Crippen MR) is 77.8 cm³/mol. The molecule has 0 aromatic carbocycles. The van der Waals surface area contributed by atoms with E-state index in [1.807, 2.05) is 19.4 Å². The molecule has 1 aromatic heterocycles. The predicted octanol–water partition coefficient (Wildman–Crippen LogP) is 0.146. The van der Waals surface area contributed by atoms with Crippen LogP contribution in [0.3, 0.4) is 0 Å². The molecule has 108 valence electrons. The van der Waals surface area contributed by atoms with Crippen molar-refractivity contribution in [3.8, 4) is 0 Å². The Morgan fingerprint density at radius 2 is 2.37 bits per heavy atom. The van der Waals surface area contributed by atoms with Gasteiger partial charge in [-0.2, -0.15) is 5.10 Å². The lowest BCUT2D eigenvalue weighted by molar-refractivity contribution is -0.120. The molecule has 0 saturated carbocycles. The number of nitrogens with zero attached hydrogens (tertiary/aromatic N) is 3. The molecule has 2 rings (SSSR count). The molecule has 1 aliphatic rings. The number of aromatic nitrogens is 2. The van der Waals surface area contributed by atoms with E-state index in [0.717, 1.165) is 31.6 Å². The first-order chi connectivity index (χ1) is 8.69. The zero-order chi connectivity index (χ0) is 13.0. The Morgan fingerprint density at radius 1 is 1.58 bits per heavy atom. The van der Waals surface area contributed by atoms with Gasteiger partial charge in [-0.3, -0.25) is 9.48 Å². The van der Waals surface area contributed by atoms with Gasteiger partial charge < -0.3 is 15.5 Å². The molecule has 1 fully saturated rings. The molecule has 0 radical (unpaired) electrons. The number of hydrogen-bond acceptors (Lipinski definition) is 4. The van der Waals surface area contributed by atoms with Gasteiger partial charge in [-0.15, -0.1) is 12.4 Å². The average molecular weight is 288 g/mol. The molecule has 1 amide bonds. The molecule has 19 heavy (non-hydrogen) atoms. The first-order valence-electron chi connectivity index (χ1n) is 6.36. The smallest absolute Gasteiger partial charge is 0.234 e. The fourth-order valence-electron chi connectivity index (χ4n) is 2.34. The maximum absolute atomic E-state index is 11.5. The number of nitrogens with one attached hydrogen (secondary N) is 2. The summed E-state index contributed by atoms with van der Waals surface area (Å²) in [6.45, 7) is 2.27. The highest BCUT2D eigenvalue weighted by Gasteiger charge is 2.21. The van der Waals surface area contributed by atoms with Crippen LogP contribution >= 0.6 is 12.4 Å². The van der Waals surface area contributed by atoms with Crippen molar-refractivity contribution in [3.63, 3.8) is 0 Å². The van der Waals surface area contributed by atoms with Gasteiger partial charge in [0.2, 0.25) is 5.91 Å². The number of carbonyl (C=O) groups is 1. The Balaban J connectivity index is 0.00000180. The summed E-state index contributed by atoms with van der Waals surface area (Å²) in [6, 6.07) is 0.236. The Kier molecular flexibility index (Phi) is 6.11. The lowest BCUT2D eigenvalue weighted by Gasteiger charge is -2.33. The quantitative estimate of drug-likeness (QED) is 0.827. The highest BCUT2D eigenvalue weighted by atomic mass is 35.5. The number of rotatable bonds is 4. The summed E-state index contributed by atoms with van der Waals surface area (Å²) in [5.74, 6) is 0.0653. The molecule has 0 aliphatic carbocycles. The molecule has 6 nitrogen and oxygen atoms in total. The summed E-state index contributed by atoms with van der Waals surface area (Å²) >= 11 is 0. The van der Waals surface area contributed by atoms with Gasteiger partial charge in [-0.05, 0) is 19.9 Å². The van der Waals surface area contributed by atoms with Crippen LogP contribution in [0.2, 0.25) is 0 Å². The number of piperidine rings is 1. The Labute approximate surface area is 119 Å². The summed E-state index contributed by atoms with van der Waals surface area (Å²) in [4.78, 5) is 13.8. The van der Waals surface area contributed by atoms with Crippen molar-refractivity contribution in [3.05, 3.63) is 12.4 Å². The number of aryl methyl sites for hydroxylation is 1. The van der Waals surface area contributed by atoms with E-state index in [-0.39, 0.29) is 24.4 Å². The van der Waals surface area contributed by atoms with Crippen LogP contribution < -0.4 is 15.5 Å². The van der Waals surface area contributed by atoms with Crippen molar-refractivity contribution in [2.24, 2.45) is 7.05 Å². The van der Waals surface area contributed by atoms with Crippen LogP contribution in [-0.4, -0.2) is 48.4 Å². The van der Waals surface area contributed by atoms with Crippen LogP contribution in [0.15, 0.2) is 12.4 Å². The standard InChI is InChI=1S/C12H21N5O.ClH/c1-13-7-12(18)15-10-4-3-5-17(8-10)11-6-14-16(2)9-11;/h6,9-10,13H,3-5,7-8H2,1-2H3,(H,15,18);1H. The first kappa shape index (κ1) is 15.8. The highest BCUT2D eigenvalue weighted by Crippen LogP contribution is 2.18. The first-order valence-corrected chi connectivity index (χ1v) is 6.36. The van der Waals surface area contributed by atoms with Crippen LogP contribution in [0.5, 0.6) is 0 Å². The molecule has 1 saturated heterocycles. The highest BCUT2D eigenvalue weighted by molar-refractivity contribution is 5.85. The minimum atomic E-state index is 0. The average Bonchev–Trinajstić information content (AvgIpc) is 2.76. The van der Waals surface area contributed by atoms with E-state index >= 15 is 0 Å². The van der Waals surface area contributed by atoms with E-state index < -0.39 is 0 Å². The van der Waals surface area contributed by atoms with Crippen LogP contribution in [0, 0.1) is 0 Å². The van der Waals surface area contributed by atoms with Gasteiger partial charge in [0.15, 0.2) is 0 Å². The van der Waals surface area contributed by atoms with Crippen LogP contribution in [-0.2, 0) is 11.8 Å². The zero-order valence-corrected chi connectivity index (χ0v) is 12.2. The van der Waals surface area contributed by atoms with Gasteiger partial charge in [0.05, 0.1) is 18.4 Å². The second-order valence-electron chi connectivity index (χ2n) is 4.76. The molecule has 1 atom stereocenters. The minimum Gasteiger partial charge on any atom is -0.367 e. The van der Waals surface area contributed by atoms with Crippen molar-refractivity contribution in [1.29, 1.82) is 0 Å². The van der Waals surface area contributed by atoms with E-state index in [2.05, 4.69) is 20.6 Å². The third kappa shape index (κ3) is 4.40. The van der Waals surface area contributed by atoms with Crippen molar-refractivity contribution in [2.75, 3.05) is 31.6 Å². The van der Waals surface area contributed by atoms with E-state index in [1.54, 1.807) is 11.7 Å². The third-order valence-corrected chi connectivity index (χ3v) is 3.18. The van der Waals surface area contributed by atoms with Crippen molar-refractivity contribution < 1.29 is 4.79 Å². The van der Waals surface area contributed by atoms with Crippen molar-refractivity contribution >= 4 is 24.0 Å². The van der Waals surface area contributed by atoms with Gasteiger partial charge in [-0.25, -0.2) is 0 Å². The summed E-state index contributed by atoms with van der Waals surface area (Å²) < 4.78 is 1.80. The van der Waals surface area contributed by atoms with Gasteiger partial charge >= 0.3 is 0 Å². The number of amides is 1. The largest absolute Gasteiger partial charge is 0.367 e. The summed E-state index contributed by atoms with van der Waals surface area (Å²) in [7, 11) is 3.70. The number of hydrogen-bond donors (Lipinski definition) is 2. The van der Waals surface area contributed by atoms with E-state index in [1.165, 1.54) is 0 Å². The van der Waals surface area contributed by atoms with E-state index in [9.17, 15) is 4.79 Å². The lowest BCUT2D eigenvalue weighted by atomic mass is 10.1. The number of carbonyl (C=O) groups excluding carboxylic acids is 1. The Bertz CT molecular complexity index is 409. The maximum atomic E-state index is 11.5. The molecular formula is C12H22ClN5O. The van der Waals surface area contributed by atoms with Crippen LogP contribution in [0.4, 0.5) is 5.69 Å². The number of likely N-dealkylation sites (N-methyl/N-ethyl adjacent to an activating group) is 1. The summed E-state index contributed by atoms with van der Waals surface area (Å²) in [5, 5.41) is 10.1. The Morgan fingerprint density at radius 3 is 3.00 bits per heavy atom. The maximum Gasteiger partial charge on any atom is 0.234 e. The lowest BCUT2D eigenvalue weighted by Crippen LogP contribution is -2.49. The van der Waals surface area contributed by atoms with Gasteiger partial charge in [0.25, 0.3) is 0 Å². The fourth-order valence-corrected chi connectivity index (χ4v) is 2.34. The molecule has 0 bridgehead atoms. The zero-order valence-electron chi connectivity index (χ0n) is 11.4. The molecule has 1 unspecified atom stereocenters. The molecule has 2 N–H and O–H groups in total. The summed E-state index contributed by atoms with van der Waals surface area (Å²) in [5.41, 5.74) is 1.13. The number of halogens is 1. The fraction of sp³-hybridized carbons (Fsp3) is 0.667.